The topological polar surface area (TPSA) is 108 Å². The minimum atomic E-state index is -0.507. The lowest BCUT2D eigenvalue weighted by Crippen LogP contribution is -2.52. The van der Waals surface area contributed by atoms with Gasteiger partial charge in [-0.25, -0.2) is 9.37 Å². The summed E-state index contributed by atoms with van der Waals surface area (Å²) >= 11 is 12.3. The lowest BCUT2D eigenvalue weighted by Gasteiger charge is -2.43. The van der Waals surface area contributed by atoms with Crippen molar-refractivity contribution in [1.82, 2.24) is 14.9 Å². The predicted molar refractivity (Wildman–Crippen MR) is 146 cm³/mol. The zero-order valence-electron chi connectivity index (χ0n) is 20.8. The number of hydrogen-bond donors (Lipinski definition) is 2. The maximum atomic E-state index is 15.2. The van der Waals surface area contributed by atoms with Gasteiger partial charge in [-0.3, -0.25) is 15.2 Å². The van der Waals surface area contributed by atoms with Gasteiger partial charge in [-0.2, -0.15) is 0 Å². The lowest BCUT2D eigenvalue weighted by atomic mass is 9.85. The molecule has 0 atom stereocenters. The van der Waals surface area contributed by atoms with E-state index in [4.69, 9.17) is 39.1 Å². The minimum absolute atomic E-state index is 0.0227. The number of nitrogen functional groups attached to an aromatic ring is 1. The molecule has 198 valence electrons. The first-order valence-electron chi connectivity index (χ1n) is 12.3. The van der Waals surface area contributed by atoms with E-state index in [9.17, 15) is 4.79 Å². The number of benzene rings is 1. The molecule has 4 heterocycles. The second-order valence-corrected chi connectivity index (χ2v) is 10.5. The standard InChI is InChI=1S/C27H27Cl2FN6O2/c1-35-24(37)4-5-27(35)6-8-36(9-7-27)26-22(30)10-16(12-34-26)25(32)18-11-17(2-3-23(18)31)38-15-19-20(28)13-33-14-21(19)29/h2-3,10-14,32H,4-9,15,31H2,1H3. The molecule has 3 aromatic rings. The van der Waals surface area contributed by atoms with E-state index in [2.05, 4.69) is 9.97 Å². The van der Waals surface area contributed by atoms with Gasteiger partial charge >= 0.3 is 0 Å². The molecule has 2 aromatic heterocycles. The van der Waals surface area contributed by atoms with Crippen LogP contribution in [0.25, 0.3) is 0 Å². The molecule has 0 bridgehead atoms. The monoisotopic (exact) mass is 556 g/mol. The highest BCUT2D eigenvalue weighted by Crippen LogP contribution is 2.39. The molecule has 0 radical (unpaired) electrons. The van der Waals surface area contributed by atoms with Crippen molar-refractivity contribution in [3.8, 4) is 5.75 Å². The molecule has 1 spiro atoms. The van der Waals surface area contributed by atoms with Gasteiger partial charge in [0.15, 0.2) is 11.6 Å². The molecular weight excluding hydrogens is 530 g/mol. The molecule has 2 fully saturated rings. The Labute approximate surface area is 230 Å². The van der Waals surface area contributed by atoms with Gasteiger partial charge in [-0.15, -0.1) is 0 Å². The van der Waals surface area contributed by atoms with E-state index in [0.717, 1.165) is 19.3 Å². The van der Waals surface area contributed by atoms with Crippen molar-refractivity contribution in [2.45, 2.75) is 37.8 Å². The highest BCUT2D eigenvalue weighted by Gasteiger charge is 2.45. The average molecular weight is 557 g/mol. The maximum absolute atomic E-state index is 15.2. The zero-order valence-corrected chi connectivity index (χ0v) is 22.3. The number of hydrogen-bond acceptors (Lipinski definition) is 7. The summed E-state index contributed by atoms with van der Waals surface area (Å²) < 4.78 is 21.1. The molecule has 1 aromatic carbocycles. The summed E-state index contributed by atoms with van der Waals surface area (Å²) in [4.78, 5) is 24.1. The number of halogens is 3. The number of ether oxygens (including phenoxy) is 1. The van der Waals surface area contributed by atoms with Crippen LogP contribution in [0.5, 0.6) is 5.75 Å². The number of anilines is 2. The second kappa shape index (κ2) is 10.4. The van der Waals surface area contributed by atoms with E-state index in [-0.39, 0.29) is 29.6 Å². The van der Waals surface area contributed by atoms with Crippen LogP contribution >= 0.6 is 23.2 Å². The normalized spacial score (nSPS) is 16.8. The predicted octanol–water partition coefficient (Wildman–Crippen LogP) is 5.09. The Morgan fingerprint density at radius 2 is 1.87 bits per heavy atom. The molecule has 0 unspecified atom stereocenters. The Morgan fingerprint density at radius 3 is 2.50 bits per heavy atom. The van der Waals surface area contributed by atoms with E-state index in [1.165, 1.54) is 24.7 Å². The summed E-state index contributed by atoms with van der Waals surface area (Å²) in [5, 5.41) is 9.46. The largest absolute Gasteiger partial charge is 0.489 e. The first-order chi connectivity index (χ1) is 18.2. The maximum Gasteiger partial charge on any atom is 0.222 e. The number of rotatable bonds is 6. The van der Waals surface area contributed by atoms with E-state index in [1.807, 2.05) is 16.8 Å². The van der Waals surface area contributed by atoms with Crippen molar-refractivity contribution in [2.24, 2.45) is 0 Å². The number of nitrogens with one attached hydrogen (secondary N) is 1. The Kier molecular flexibility index (Phi) is 7.15. The van der Waals surface area contributed by atoms with Crippen LogP contribution in [-0.4, -0.2) is 52.2 Å². The Balaban J connectivity index is 1.30. The van der Waals surface area contributed by atoms with E-state index >= 15 is 4.39 Å². The van der Waals surface area contributed by atoms with Gasteiger partial charge in [-0.05, 0) is 43.5 Å². The van der Waals surface area contributed by atoms with E-state index in [0.29, 0.717) is 57.7 Å². The summed E-state index contributed by atoms with van der Waals surface area (Å²) in [5.74, 6) is 0.362. The Morgan fingerprint density at radius 1 is 1.16 bits per heavy atom. The molecule has 2 aliphatic heterocycles. The molecule has 2 saturated heterocycles. The van der Waals surface area contributed by atoms with Crippen molar-refractivity contribution in [3.63, 3.8) is 0 Å². The number of carbonyl (C=O) groups excluding carboxylic acids is 1. The van der Waals surface area contributed by atoms with Gasteiger partial charge in [0.05, 0.1) is 15.8 Å². The van der Waals surface area contributed by atoms with Crippen LogP contribution in [0.1, 0.15) is 42.4 Å². The number of aromatic nitrogens is 2. The van der Waals surface area contributed by atoms with Crippen molar-refractivity contribution < 1.29 is 13.9 Å². The average Bonchev–Trinajstić information content (AvgIpc) is 3.18. The summed E-state index contributed by atoms with van der Waals surface area (Å²) in [6, 6.07) is 6.23. The highest BCUT2D eigenvalue weighted by atomic mass is 35.5. The number of likely N-dealkylation sites (tertiary alicyclic amines) is 1. The fourth-order valence-electron chi connectivity index (χ4n) is 5.19. The molecule has 0 aliphatic carbocycles. The zero-order chi connectivity index (χ0) is 27.0. The van der Waals surface area contributed by atoms with Gasteiger partial charge in [0.2, 0.25) is 5.91 Å². The number of amides is 1. The van der Waals surface area contributed by atoms with Crippen LogP contribution in [0.2, 0.25) is 10.0 Å². The smallest absolute Gasteiger partial charge is 0.222 e. The Bertz CT molecular complexity index is 1390. The third-order valence-corrected chi connectivity index (χ3v) is 8.27. The molecular formula is C27H27Cl2FN6O2. The number of pyridine rings is 2. The minimum Gasteiger partial charge on any atom is -0.489 e. The van der Waals surface area contributed by atoms with Crippen molar-refractivity contribution in [1.29, 1.82) is 5.41 Å². The van der Waals surface area contributed by atoms with Crippen molar-refractivity contribution >= 4 is 46.3 Å². The highest BCUT2D eigenvalue weighted by molar-refractivity contribution is 6.35. The molecule has 2 aliphatic rings. The number of piperidine rings is 1. The summed E-state index contributed by atoms with van der Waals surface area (Å²) in [7, 11) is 1.86. The first kappa shape index (κ1) is 26.2. The fraction of sp³-hybridized carbons (Fsp3) is 0.333. The van der Waals surface area contributed by atoms with Gasteiger partial charge < -0.3 is 20.3 Å². The van der Waals surface area contributed by atoms with Crippen molar-refractivity contribution in [3.05, 3.63) is 75.4 Å². The van der Waals surface area contributed by atoms with Crippen LogP contribution in [0.15, 0.2) is 42.9 Å². The van der Waals surface area contributed by atoms with Crippen LogP contribution in [0.4, 0.5) is 15.9 Å². The number of nitrogens with zero attached hydrogens (tertiary/aromatic N) is 4. The summed E-state index contributed by atoms with van der Waals surface area (Å²) in [5.41, 5.74) is 7.66. The molecule has 3 N–H and O–H groups in total. The third kappa shape index (κ3) is 4.88. The SMILES string of the molecule is CN1C(=O)CCC12CCN(c1ncc(C(=N)c3cc(OCc4c(Cl)cncc4Cl)ccc3N)cc1F)CC2. The summed E-state index contributed by atoms with van der Waals surface area (Å²) in [6.45, 7) is 1.31. The van der Waals surface area contributed by atoms with Crippen LogP contribution in [0, 0.1) is 11.2 Å². The second-order valence-electron chi connectivity index (χ2n) is 9.69. The fourth-order valence-corrected chi connectivity index (χ4v) is 5.66. The van der Waals surface area contributed by atoms with Gasteiger partial charge in [-0.1, -0.05) is 23.2 Å². The van der Waals surface area contributed by atoms with E-state index < -0.39 is 5.82 Å². The first-order valence-corrected chi connectivity index (χ1v) is 13.0. The molecule has 5 rings (SSSR count). The third-order valence-electron chi connectivity index (χ3n) is 7.62. The van der Waals surface area contributed by atoms with Gasteiger partial charge in [0, 0.05) is 73.1 Å². The molecule has 0 saturated carbocycles. The van der Waals surface area contributed by atoms with Gasteiger partial charge in [0.25, 0.3) is 0 Å². The van der Waals surface area contributed by atoms with Crippen LogP contribution < -0.4 is 15.4 Å². The van der Waals surface area contributed by atoms with Crippen molar-refractivity contribution in [2.75, 3.05) is 30.8 Å². The quantitative estimate of drug-likeness (QED) is 0.323. The van der Waals surface area contributed by atoms with Crippen LogP contribution in [-0.2, 0) is 11.4 Å². The lowest BCUT2D eigenvalue weighted by molar-refractivity contribution is -0.130. The van der Waals surface area contributed by atoms with Gasteiger partial charge in [0.1, 0.15) is 12.4 Å². The summed E-state index contributed by atoms with van der Waals surface area (Å²) in [6.07, 6.45) is 7.41. The molecule has 1 amide bonds. The molecule has 38 heavy (non-hydrogen) atoms. The number of carbonyl (C=O) groups is 1. The number of nitrogens with two attached hydrogens (primary N) is 1. The molecule has 11 heteroatoms. The van der Waals surface area contributed by atoms with E-state index in [1.54, 1.807) is 18.2 Å². The van der Waals surface area contributed by atoms with Crippen LogP contribution in [0.3, 0.4) is 0 Å². The Hall–Kier alpha value is -3.43. The molecule has 8 nitrogen and oxygen atoms in total.